The van der Waals surface area contributed by atoms with E-state index in [-0.39, 0.29) is 5.95 Å². The van der Waals surface area contributed by atoms with Gasteiger partial charge in [0.15, 0.2) is 0 Å². The molecule has 4 aromatic rings. The van der Waals surface area contributed by atoms with Crippen LogP contribution in [0.3, 0.4) is 0 Å². The largest absolute Gasteiger partial charge is 0.348 e. The van der Waals surface area contributed by atoms with Gasteiger partial charge in [-0.3, -0.25) is 4.40 Å². The van der Waals surface area contributed by atoms with Gasteiger partial charge in [0.2, 0.25) is 11.7 Å². The average Bonchev–Trinajstić information content (AvgIpc) is 3.17. The molecular weight excluding hydrogens is 316 g/mol. The fourth-order valence-corrected chi connectivity index (χ4v) is 2.42. The molecule has 0 spiro atoms. The molecule has 2 N–H and O–H groups in total. The van der Waals surface area contributed by atoms with Crippen LogP contribution in [-0.2, 0) is 0 Å². The molecule has 7 nitrogen and oxygen atoms in total. The standard InChI is InChI=1S/C15H13F2N7/c1-15(16,17)8-22-13-20-6-11-10(5-19-12(11)23-13)9-4-21-14-18-2-3-24(14)7-9/h2-7H,8H2,1H3,(H2,19,20,22,23). The molecule has 0 bridgehead atoms. The number of aromatic amines is 1. The van der Waals surface area contributed by atoms with E-state index in [1.165, 1.54) is 0 Å². The molecule has 0 aromatic carbocycles. The van der Waals surface area contributed by atoms with Crippen LogP contribution in [0.1, 0.15) is 6.92 Å². The Kier molecular flexibility index (Phi) is 3.15. The number of halogens is 2. The molecule has 122 valence electrons. The van der Waals surface area contributed by atoms with E-state index in [2.05, 4.69) is 30.2 Å². The summed E-state index contributed by atoms with van der Waals surface area (Å²) in [6, 6.07) is 0. The van der Waals surface area contributed by atoms with Crippen molar-refractivity contribution in [3.05, 3.63) is 37.2 Å². The average molecular weight is 329 g/mol. The van der Waals surface area contributed by atoms with Gasteiger partial charge in [0.25, 0.3) is 5.92 Å². The molecule has 0 saturated heterocycles. The van der Waals surface area contributed by atoms with E-state index in [4.69, 9.17) is 0 Å². The molecule has 0 fully saturated rings. The first kappa shape index (κ1) is 14.5. The summed E-state index contributed by atoms with van der Waals surface area (Å²) in [6.45, 7) is 0.317. The van der Waals surface area contributed by atoms with Crippen molar-refractivity contribution >= 4 is 22.8 Å². The summed E-state index contributed by atoms with van der Waals surface area (Å²) in [5.41, 5.74) is 2.31. The minimum absolute atomic E-state index is 0.153. The van der Waals surface area contributed by atoms with Gasteiger partial charge in [-0.05, 0) is 0 Å². The van der Waals surface area contributed by atoms with Gasteiger partial charge < -0.3 is 10.3 Å². The van der Waals surface area contributed by atoms with Gasteiger partial charge in [-0.2, -0.15) is 4.98 Å². The number of nitrogens with zero attached hydrogens (tertiary/aromatic N) is 5. The third kappa shape index (κ3) is 2.64. The first-order valence-corrected chi connectivity index (χ1v) is 7.24. The van der Waals surface area contributed by atoms with Gasteiger partial charge in [0, 0.05) is 60.6 Å². The highest BCUT2D eigenvalue weighted by atomic mass is 19.3. The third-order valence-electron chi connectivity index (χ3n) is 3.55. The first-order valence-electron chi connectivity index (χ1n) is 7.24. The van der Waals surface area contributed by atoms with Crippen molar-refractivity contribution in [2.75, 3.05) is 11.9 Å². The maximum atomic E-state index is 12.9. The Hall–Kier alpha value is -3.10. The number of nitrogens with one attached hydrogen (secondary N) is 2. The molecule has 0 aliphatic rings. The highest BCUT2D eigenvalue weighted by molar-refractivity contribution is 5.93. The van der Waals surface area contributed by atoms with Crippen LogP contribution < -0.4 is 5.32 Å². The van der Waals surface area contributed by atoms with E-state index in [0.29, 0.717) is 11.4 Å². The van der Waals surface area contributed by atoms with Crippen LogP contribution in [-0.4, -0.2) is 41.8 Å². The van der Waals surface area contributed by atoms with Crippen molar-refractivity contribution in [1.29, 1.82) is 0 Å². The van der Waals surface area contributed by atoms with Crippen molar-refractivity contribution in [2.45, 2.75) is 12.8 Å². The van der Waals surface area contributed by atoms with Crippen LogP contribution in [0, 0.1) is 0 Å². The summed E-state index contributed by atoms with van der Waals surface area (Å²) in [4.78, 5) is 19.8. The fourth-order valence-electron chi connectivity index (χ4n) is 2.42. The van der Waals surface area contributed by atoms with E-state index in [0.717, 1.165) is 23.4 Å². The number of aromatic nitrogens is 6. The van der Waals surface area contributed by atoms with E-state index in [1.54, 1.807) is 24.8 Å². The molecule has 0 amide bonds. The normalized spacial score (nSPS) is 12.1. The van der Waals surface area contributed by atoms with E-state index < -0.39 is 12.5 Å². The van der Waals surface area contributed by atoms with Crippen molar-refractivity contribution in [2.24, 2.45) is 0 Å². The predicted molar refractivity (Wildman–Crippen MR) is 85.0 cm³/mol. The zero-order valence-electron chi connectivity index (χ0n) is 12.7. The van der Waals surface area contributed by atoms with Crippen molar-refractivity contribution in [3.8, 4) is 11.1 Å². The number of rotatable bonds is 4. The maximum Gasteiger partial charge on any atom is 0.262 e. The Bertz CT molecular complexity index is 1020. The molecule has 9 heteroatoms. The quantitative estimate of drug-likeness (QED) is 0.601. The number of fused-ring (bicyclic) bond motifs is 2. The maximum absolute atomic E-state index is 12.9. The van der Waals surface area contributed by atoms with Crippen LogP contribution >= 0.6 is 0 Å². The molecule has 0 radical (unpaired) electrons. The number of imidazole rings is 1. The zero-order valence-corrected chi connectivity index (χ0v) is 12.7. The van der Waals surface area contributed by atoms with Gasteiger partial charge in [-0.25, -0.2) is 23.7 Å². The van der Waals surface area contributed by atoms with Crippen molar-refractivity contribution in [1.82, 2.24) is 29.3 Å². The minimum atomic E-state index is -2.83. The number of anilines is 1. The van der Waals surface area contributed by atoms with E-state index in [9.17, 15) is 8.78 Å². The Morgan fingerprint density at radius 3 is 2.96 bits per heavy atom. The van der Waals surface area contributed by atoms with Gasteiger partial charge >= 0.3 is 0 Å². The Morgan fingerprint density at radius 2 is 2.12 bits per heavy atom. The molecule has 0 aliphatic heterocycles. The second-order valence-corrected chi connectivity index (χ2v) is 5.56. The highest BCUT2D eigenvalue weighted by Crippen LogP contribution is 2.27. The lowest BCUT2D eigenvalue weighted by Gasteiger charge is -2.10. The number of hydrogen-bond acceptors (Lipinski definition) is 5. The lowest BCUT2D eigenvalue weighted by atomic mass is 10.1. The number of alkyl halides is 2. The predicted octanol–water partition coefficient (Wildman–Crippen LogP) is 2.73. The molecule has 24 heavy (non-hydrogen) atoms. The first-order chi connectivity index (χ1) is 11.5. The SMILES string of the molecule is CC(F)(F)CNc1ncc2c(-c3cnc4nccn4c3)c[nH]c2n1. The molecule has 4 rings (SSSR count). The summed E-state index contributed by atoms with van der Waals surface area (Å²) >= 11 is 0. The van der Waals surface area contributed by atoms with Crippen LogP contribution in [0.4, 0.5) is 14.7 Å². The van der Waals surface area contributed by atoms with Crippen LogP contribution in [0.2, 0.25) is 0 Å². The van der Waals surface area contributed by atoms with Gasteiger partial charge in [-0.1, -0.05) is 0 Å². The summed E-state index contributed by atoms with van der Waals surface area (Å²) in [5.74, 6) is -2.06. The Labute approximate surface area is 134 Å². The summed E-state index contributed by atoms with van der Waals surface area (Å²) in [7, 11) is 0. The number of hydrogen-bond donors (Lipinski definition) is 2. The molecule has 4 heterocycles. The van der Waals surface area contributed by atoms with Crippen molar-refractivity contribution in [3.63, 3.8) is 0 Å². The smallest absolute Gasteiger partial charge is 0.262 e. The van der Waals surface area contributed by atoms with Crippen LogP contribution in [0.5, 0.6) is 0 Å². The monoisotopic (exact) mass is 329 g/mol. The topological polar surface area (TPSA) is 83.8 Å². The molecule has 0 unspecified atom stereocenters. The summed E-state index contributed by atoms with van der Waals surface area (Å²) < 4.78 is 27.6. The van der Waals surface area contributed by atoms with Gasteiger partial charge in [-0.15, -0.1) is 0 Å². The lowest BCUT2D eigenvalue weighted by molar-refractivity contribution is 0.0366. The second-order valence-electron chi connectivity index (χ2n) is 5.56. The highest BCUT2D eigenvalue weighted by Gasteiger charge is 2.21. The Morgan fingerprint density at radius 1 is 1.25 bits per heavy atom. The number of H-pyrrole nitrogens is 1. The zero-order chi connectivity index (χ0) is 16.7. The van der Waals surface area contributed by atoms with E-state index in [1.807, 2.05) is 16.8 Å². The molecular formula is C15H13F2N7. The summed E-state index contributed by atoms with van der Waals surface area (Å²) in [6.07, 6.45) is 10.5. The molecule has 0 saturated carbocycles. The second kappa shape index (κ2) is 5.22. The molecule has 0 atom stereocenters. The Balaban J connectivity index is 1.69. The van der Waals surface area contributed by atoms with Gasteiger partial charge in [0.1, 0.15) is 5.65 Å². The van der Waals surface area contributed by atoms with E-state index >= 15 is 0 Å². The van der Waals surface area contributed by atoms with Crippen LogP contribution in [0.25, 0.3) is 27.9 Å². The van der Waals surface area contributed by atoms with Crippen molar-refractivity contribution < 1.29 is 8.78 Å². The molecule has 0 aliphatic carbocycles. The fraction of sp³-hybridized carbons (Fsp3) is 0.200. The van der Waals surface area contributed by atoms with Gasteiger partial charge in [0.05, 0.1) is 6.54 Å². The third-order valence-corrected chi connectivity index (χ3v) is 3.55. The minimum Gasteiger partial charge on any atom is -0.348 e. The lowest BCUT2D eigenvalue weighted by Crippen LogP contribution is -2.23. The summed E-state index contributed by atoms with van der Waals surface area (Å²) in [5, 5.41) is 3.31. The molecule has 4 aromatic heterocycles. The van der Waals surface area contributed by atoms with Crippen LogP contribution in [0.15, 0.2) is 37.2 Å².